The van der Waals surface area contributed by atoms with E-state index < -0.39 is 0 Å². The van der Waals surface area contributed by atoms with Gasteiger partial charge >= 0.3 is 0 Å². The van der Waals surface area contributed by atoms with Crippen molar-refractivity contribution in [3.05, 3.63) is 76.9 Å². The summed E-state index contributed by atoms with van der Waals surface area (Å²) in [6.45, 7) is 5.29. The maximum atomic E-state index is 2.47. The molecule has 1 heterocycles. The van der Waals surface area contributed by atoms with Crippen molar-refractivity contribution in [1.82, 2.24) is 4.90 Å². The summed E-state index contributed by atoms with van der Waals surface area (Å²) in [6, 6.07) is 17.4. The Balaban J connectivity index is 0.00000147. The molecule has 0 spiro atoms. The highest BCUT2D eigenvalue weighted by molar-refractivity contribution is 5.85. The second-order valence-corrected chi connectivity index (χ2v) is 5.25. The fourth-order valence-corrected chi connectivity index (χ4v) is 2.55. The van der Waals surface area contributed by atoms with Crippen molar-refractivity contribution in [1.29, 1.82) is 0 Å². The van der Waals surface area contributed by atoms with Crippen molar-refractivity contribution >= 4 is 18.5 Å². The lowest BCUT2D eigenvalue weighted by Gasteiger charge is -2.11. The van der Waals surface area contributed by atoms with E-state index in [0.29, 0.717) is 0 Å². The zero-order valence-electron chi connectivity index (χ0n) is 11.8. The molecule has 0 aliphatic carbocycles. The van der Waals surface area contributed by atoms with Gasteiger partial charge in [-0.2, -0.15) is 0 Å². The third-order valence-corrected chi connectivity index (χ3v) is 3.66. The number of halogens is 1. The molecule has 0 amide bonds. The Bertz CT molecular complexity index is 562. The molecule has 0 saturated heterocycles. The Morgan fingerprint density at radius 3 is 2.15 bits per heavy atom. The third kappa shape index (κ3) is 3.50. The van der Waals surface area contributed by atoms with Crippen molar-refractivity contribution < 1.29 is 0 Å². The summed E-state index contributed by atoms with van der Waals surface area (Å²) in [5.41, 5.74) is 5.55. The first kappa shape index (κ1) is 14.8. The second kappa shape index (κ2) is 6.74. The standard InChI is InChI=1S/C18H19N.ClH/c1-15-8-10-16(11-9-15)5-4-12-19-13-17-6-2-3-7-18(17)14-19;/h2-11H,12-14H2,1H3;1H. The van der Waals surface area contributed by atoms with Gasteiger partial charge in [0.2, 0.25) is 0 Å². The van der Waals surface area contributed by atoms with Gasteiger partial charge in [0.15, 0.2) is 0 Å². The lowest BCUT2D eigenvalue weighted by Crippen LogP contribution is -2.15. The summed E-state index contributed by atoms with van der Waals surface area (Å²) in [4.78, 5) is 2.47. The van der Waals surface area contributed by atoms with Crippen LogP contribution in [0.5, 0.6) is 0 Å². The van der Waals surface area contributed by atoms with Crippen LogP contribution in [0.4, 0.5) is 0 Å². The molecular formula is C18H20ClN. The lowest BCUT2D eigenvalue weighted by molar-refractivity contribution is 0.317. The van der Waals surface area contributed by atoms with E-state index in [-0.39, 0.29) is 12.4 Å². The molecule has 2 heteroatoms. The van der Waals surface area contributed by atoms with Gasteiger partial charge in [0.25, 0.3) is 0 Å². The van der Waals surface area contributed by atoms with Gasteiger partial charge in [-0.15, -0.1) is 12.4 Å². The van der Waals surface area contributed by atoms with Gasteiger partial charge in [-0.1, -0.05) is 66.2 Å². The highest BCUT2D eigenvalue weighted by atomic mass is 35.5. The van der Waals surface area contributed by atoms with Crippen molar-refractivity contribution in [3.8, 4) is 0 Å². The predicted octanol–water partition coefficient (Wildman–Crippen LogP) is 4.45. The Morgan fingerprint density at radius 2 is 1.55 bits per heavy atom. The highest BCUT2D eigenvalue weighted by Crippen LogP contribution is 2.21. The first-order chi connectivity index (χ1) is 9.31. The number of benzene rings is 2. The van der Waals surface area contributed by atoms with Gasteiger partial charge in [-0.3, -0.25) is 4.90 Å². The molecule has 0 atom stereocenters. The maximum absolute atomic E-state index is 2.47. The van der Waals surface area contributed by atoms with E-state index in [0.717, 1.165) is 19.6 Å². The van der Waals surface area contributed by atoms with Crippen LogP contribution in [-0.2, 0) is 13.1 Å². The van der Waals surface area contributed by atoms with Gasteiger partial charge in [0.05, 0.1) is 0 Å². The summed E-state index contributed by atoms with van der Waals surface area (Å²) in [6.07, 6.45) is 4.47. The monoisotopic (exact) mass is 285 g/mol. The molecule has 1 nitrogen and oxygen atoms in total. The van der Waals surface area contributed by atoms with Crippen LogP contribution in [0.15, 0.2) is 54.6 Å². The molecule has 0 bridgehead atoms. The lowest BCUT2D eigenvalue weighted by atomic mass is 10.1. The van der Waals surface area contributed by atoms with Crippen molar-refractivity contribution in [2.45, 2.75) is 20.0 Å². The predicted molar refractivity (Wildman–Crippen MR) is 88.0 cm³/mol. The van der Waals surface area contributed by atoms with Gasteiger partial charge in [0, 0.05) is 19.6 Å². The number of hydrogen-bond donors (Lipinski definition) is 0. The molecule has 0 N–H and O–H groups in total. The molecule has 0 fully saturated rings. The number of aryl methyl sites for hydroxylation is 1. The van der Waals surface area contributed by atoms with E-state index in [9.17, 15) is 0 Å². The number of hydrogen-bond acceptors (Lipinski definition) is 1. The SMILES string of the molecule is Cc1ccc(C=CCN2Cc3ccccc3C2)cc1.Cl. The average Bonchev–Trinajstić information content (AvgIpc) is 2.83. The smallest absolute Gasteiger partial charge is 0.0243 e. The van der Waals surface area contributed by atoms with E-state index in [1.165, 1.54) is 22.3 Å². The number of fused-ring (bicyclic) bond motifs is 1. The molecule has 1 aliphatic heterocycles. The Labute approximate surface area is 127 Å². The van der Waals surface area contributed by atoms with Crippen molar-refractivity contribution in [2.24, 2.45) is 0 Å². The van der Waals surface area contributed by atoms with Crippen LogP contribution in [0.1, 0.15) is 22.3 Å². The van der Waals surface area contributed by atoms with Crippen LogP contribution in [0, 0.1) is 6.92 Å². The molecule has 3 rings (SSSR count). The third-order valence-electron chi connectivity index (χ3n) is 3.66. The first-order valence-electron chi connectivity index (χ1n) is 6.83. The van der Waals surface area contributed by atoms with Crippen LogP contribution in [-0.4, -0.2) is 11.4 Å². The normalized spacial score (nSPS) is 14.2. The minimum absolute atomic E-state index is 0. The van der Waals surface area contributed by atoms with Crippen LogP contribution in [0.2, 0.25) is 0 Å². The maximum Gasteiger partial charge on any atom is 0.0243 e. The van der Waals surface area contributed by atoms with Crippen molar-refractivity contribution in [2.75, 3.05) is 6.54 Å². The number of nitrogens with zero attached hydrogens (tertiary/aromatic N) is 1. The van der Waals surface area contributed by atoms with Gasteiger partial charge in [0.1, 0.15) is 0 Å². The molecule has 0 unspecified atom stereocenters. The quantitative estimate of drug-likeness (QED) is 0.805. The Kier molecular flexibility index (Phi) is 4.99. The van der Waals surface area contributed by atoms with Gasteiger partial charge in [-0.05, 0) is 23.6 Å². The zero-order chi connectivity index (χ0) is 13.1. The van der Waals surface area contributed by atoms with E-state index in [1.54, 1.807) is 0 Å². The van der Waals surface area contributed by atoms with Gasteiger partial charge < -0.3 is 0 Å². The van der Waals surface area contributed by atoms with E-state index in [1.807, 2.05) is 0 Å². The molecule has 0 saturated carbocycles. The van der Waals surface area contributed by atoms with Crippen LogP contribution in [0.3, 0.4) is 0 Å². The largest absolute Gasteiger partial charge is 0.291 e. The average molecular weight is 286 g/mol. The summed E-state index contributed by atoms with van der Waals surface area (Å²) in [5, 5.41) is 0. The van der Waals surface area contributed by atoms with Crippen LogP contribution >= 0.6 is 12.4 Å². The summed E-state index contributed by atoms with van der Waals surface area (Å²) >= 11 is 0. The fourth-order valence-electron chi connectivity index (χ4n) is 2.55. The fraction of sp³-hybridized carbons (Fsp3) is 0.222. The minimum Gasteiger partial charge on any atom is -0.291 e. The van der Waals surface area contributed by atoms with E-state index in [4.69, 9.17) is 0 Å². The highest BCUT2D eigenvalue weighted by Gasteiger charge is 2.16. The zero-order valence-corrected chi connectivity index (χ0v) is 12.6. The molecule has 0 aromatic heterocycles. The van der Waals surface area contributed by atoms with E-state index >= 15 is 0 Å². The van der Waals surface area contributed by atoms with Crippen molar-refractivity contribution in [3.63, 3.8) is 0 Å². The Hall–Kier alpha value is -1.57. The summed E-state index contributed by atoms with van der Waals surface area (Å²) in [5.74, 6) is 0. The van der Waals surface area contributed by atoms with E-state index in [2.05, 4.69) is 72.5 Å². The molecule has 20 heavy (non-hydrogen) atoms. The van der Waals surface area contributed by atoms with Gasteiger partial charge in [-0.25, -0.2) is 0 Å². The first-order valence-corrected chi connectivity index (χ1v) is 6.83. The number of rotatable bonds is 3. The molecular weight excluding hydrogens is 266 g/mol. The molecule has 104 valence electrons. The molecule has 1 aliphatic rings. The molecule has 2 aromatic rings. The second-order valence-electron chi connectivity index (χ2n) is 5.25. The summed E-state index contributed by atoms with van der Waals surface area (Å²) < 4.78 is 0. The van der Waals surface area contributed by atoms with Crippen LogP contribution in [0.25, 0.3) is 6.08 Å². The topological polar surface area (TPSA) is 3.24 Å². The minimum atomic E-state index is 0. The molecule has 0 radical (unpaired) electrons. The Morgan fingerprint density at radius 1 is 0.950 bits per heavy atom. The molecule has 2 aromatic carbocycles. The van der Waals surface area contributed by atoms with Crippen LogP contribution < -0.4 is 0 Å². The summed E-state index contributed by atoms with van der Waals surface area (Å²) in [7, 11) is 0.